The van der Waals surface area contributed by atoms with Gasteiger partial charge in [-0.15, -0.1) is 0 Å². The van der Waals surface area contributed by atoms with E-state index in [-0.39, 0.29) is 11.5 Å². The largest absolute Gasteiger partial charge is 0.478 e. The molecule has 7 heteroatoms. The first kappa shape index (κ1) is 17.0. The van der Waals surface area contributed by atoms with Crippen LogP contribution in [-0.4, -0.2) is 27.0 Å². The topological polar surface area (TPSA) is 128 Å². The fourth-order valence-corrected chi connectivity index (χ4v) is 2.48. The summed E-state index contributed by atoms with van der Waals surface area (Å²) >= 11 is 0. The molecule has 0 aliphatic carbocycles. The molecule has 0 spiro atoms. The molecule has 3 aromatic rings. The number of hydrogen-bond donors (Lipinski definition) is 5. The van der Waals surface area contributed by atoms with Crippen molar-refractivity contribution in [3.63, 3.8) is 0 Å². The second kappa shape index (κ2) is 7.35. The van der Waals surface area contributed by atoms with E-state index in [9.17, 15) is 9.90 Å². The third-order valence-electron chi connectivity index (χ3n) is 3.62. The van der Waals surface area contributed by atoms with Gasteiger partial charge in [0.15, 0.2) is 5.96 Å². The average molecular weight is 347 g/mol. The van der Waals surface area contributed by atoms with Crippen molar-refractivity contribution >= 4 is 29.3 Å². The normalized spacial score (nSPS) is 11.2. The standard InChI is InChI=1S/C19H17N5O2/c20-19(21)23-14-8-4-7-13(10-14)17-22-11-16(24-17)15(18(25)26)9-12-5-2-1-3-6-12/h1-11H,(H,22,24)(H,25,26)(H4,20,21,23). The molecule has 0 amide bonds. The summed E-state index contributed by atoms with van der Waals surface area (Å²) in [4.78, 5) is 19.0. The molecule has 130 valence electrons. The quantitative estimate of drug-likeness (QED) is 0.275. The molecule has 1 heterocycles. The lowest BCUT2D eigenvalue weighted by atomic mass is 10.1. The number of hydrogen-bond acceptors (Lipinski definition) is 3. The number of benzene rings is 2. The van der Waals surface area contributed by atoms with Gasteiger partial charge in [-0.3, -0.25) is 5.41 Å². The Labute approximate surface area is 149 Å². The molecular formula is C19H17N5O2. The van der Waals surface area contributed by atoms with Gasteiger partial charge >= 0.3 is 5.97 Å². The van der Waals surface area contributed by atoms with E-state index in [1.165, 1.54) is 6.20 Å². The highest BCUT2D eigenvalue weighted by Crippen LogP contribution is 2.23. The number of rotatable bonds is 5. The van der Waals surface area contributed by atoms with Gasteiger partial charge in [0.05, 0.1) is 17.5 Å². The van der Waals surface area contributed by atoms with Crippen LogP contribution in [0.4, 0.5) is 5.69 Å². The summed E-state index contributed by atoms with van der Waals surface area (Å²) in [7, 11) is 0. The van der Waals surface area contributed by atoms with E-state index in [4.69, 9.17) is 11.1 Å². The molecule has 0 fully saturated rings. The highest BCUT2D eigenvalue weighted by Gasteiger charge is 2.14. The van der Waals surface area contributed by atoms with E-state index >= 15 is 0 Å². The lowest BCUT2D eigenvalue weighted by Crippen LogP contribution is -2.20. The van der Waals surface area contributed by atoms with Crippen LogP contribution in [0.5, 0.6) is 0 Å². The maximum absolute atomic E-state index is 11.7. The maximum atomic E-state index is 11.7. The number of imidazole rings is 1. The van der Waals surface area contributed by atoms with Crippen molar-refractivity contribution in [2.45, 2.75) is 0 Å². The summed E-state index contributed by atoms with van der Waals surface area (Å²) in [6.45, 7) is 0. The number of nitrogens with two attached hydrogens (primary N) is 1. The van der Waals surface area contributed by atoms with Crippen molar-refractivity contribution in [1.29, 1.82) is 5.41 Å². The number of aliphatic carboxylic acids is 1. The zero-order valence-electron chi connectivity index (χ0n) is 13.7. The van der Waals surface area contributed by atoms with Gasteiger partial charge in [0.2, 0.25) is 0 Å². The van der Waals surface area contributed by atoms with Gasteiger partial charge in [0.1, 0.15) is 5.82 Å². The van der Waals surface area contributed by atoms with Crippen LogP contribution in [0.25, 0.3) is 23.0 Å². The van der Waals surface area contributed by atoms with Crippen LogP contribution in [0.1, 0.15) is 11.3 Å². The molecule has 7 nitrogen and oxygen atoms in total. The Balaban J connectivity index is 1.94. The second-order valence-corrected chi connectivity index (χ2v) is 5.54. The number of aromatic amines is 1. The van der Waals surface area contributed by atoms with E-state index in [1.807, 2.05) is 36.4 Å². The Bertz CT molecular complexity index is 976. The lowest BCUT2D eigenvalue weighted by Gasteiger charge is -2.05. The first-order valence-corrected chi connectivity index (χ1v) is 7.80. The van der Waals surface area contributed by atoms with Crippen LogP contribution >= 0.6 is 0 Å². The van der Waals surface area contributed by atoms with Gasteiger partial charge in [0.25, 0.3) is 0 Å². The molecule has 0 unspecified atom stereocenters. The predicted octanol–water partition coefficient (Wildman–Crippen LogP) is 3.01. The molecule has 0 aliphatic rings. The molecule has 3 rings (SSSR count). The van der Waals surface area contributed by atoms with Gasteiger partial charge in [0, 0.05) is 11.3 Å². The summed E-state index contributed by atoms with van der Waals surface area (Å²) < 4.78 is 0. The highest BCUT2D eigenvalue weighted by molar-refractivity contribution is 6.20. The van der Waals surface area contributed by atoms with Crippen molar-refractivity contribution < 1.29 is 9.90 Å². The van der Waals surface area contributed by atoms with Crippen molar-refractivity contribution in [2.75, 3.05) is 5.32 Å². The van der Waals surface area contributed by atoms with Gasteiger partial charge < -0.3 is 21.1 Å². The second-order valence-electron chi connectivity index (χ2n) is 5.54. The summed E-state index contributed by atoms with van der Waals surface area (Å²) in [5.74, 6) is -0.690. The monoisotopic (exact) mass is 347 g/mol. The summed E-state index contributed by atoms with van der Waals surface area (Å²) in [6, 6.07) is 16.4. The Hall–Kier alpha value is -3.87. The maximum Gasteiger partial charge on any atom is 0.337 e. The number of carboxylic acids is 1. The van der Waals surface area contributed by atoms with E-state index in [0.717, 1.165) is 11.1 Å². The van der Waals surface area contributed by atoms with Crippen molar-refractivity contribution in [2.24, 2.45) is 5.73 Å². The van der Waals surface area contributed by atoms with Gasteiger partial charge in [-0.25, -0.2) is 9.78 Å². The Kier molecular flexibility index (Phi) is 4.80. The molecule has 1 aromatic heterocycles. The fraction of sp³-hybridized carbons (Fsp3) is 0. The van der Waals surface area contributed by atoms with Crippen molar-refractivity contribution in [3.8, 4) is 11.4 Å². The molecule has 0 aliphatic heterocycles. The SMILES string of the molecule is N=C(N)Nc1cccc(-c2ncc(C(=Cc3ccccc3)C(=O)O)[nH]2)c1. The van der Waals surface area contributed by atoms with Crippen LogP contribution in [0, 0.1) is 5.41 Å². The van der Waals surface area contributed by atoms with Gasteiger partial charge in [-0.2, -0.15) is 0 Å². The molecule has 0 bridgehead atoms. The number of aromatic nitrogens is 2. The first-order valence-electron chi connectivity index (χ1n) is 7.80. The third kappa shape index (κ3) is 3.96. The van der Waals surface area contributed by atoms with Crippen molar-refractivity contribution in [1.82, 2.24) is 9.97 Å². The number of carboxylic acid groups (broad SMARTS) is 1. The lowest BCUT2D eigenvalue weighted by molar-refractivity contribution is -0.130. The number of nitrogens with zero attached hydrogens (tertiary/aromatic N) is 1. The van der Waals surface area contributed by atoms with Crippen LogP contribution < -0.4 is 11.1 Å². The number of anilines is 1. The summed E-state index contributed by atoms with van der Waals surface area (Å²) in [5.41, 5.74) is 8.04. The molecule has 0 saturated carbocycles. The zero-order valence-corrected chi connectivity index (χ0v) is 13.7. The van der Waals surface area contributed by atoms with E-state index < -0.39 is 5.97 Å². The molecule has 6 N–H and O–H groups in total. The third-order valence-corrected chi connectivity index (χ3v) is 3.62. The van der Waals surface area contributed by atoms with E-state index in [0.29, 0.717) is 17.2 Å². The molecule has 2 aromatic carbocycles. The predicted molar refractivity (Wildman–Crippen MR) is 102 cm³/mol. The molecule has 0 radical (unpaired) electrons. The number of carbonyl (C=O) groups is 1. The summed E-state index contributed by atoms with van der Waals surface area (Å²) in [6.07, 6.45) is 3.08. The molecule has 0 atom stereocenters. The smallest absolute Gasteiger partial charge is 0.337 e. The average Bonchev–Trinajstić information content (AvgIpc) is 3.10. The highest BCUT2D eigenvalue weighted by atomic mass is 16.4. The minimum atomic E-state index is -1.05. The number of guanidine groups is 1. The summed E-state index contributed by atoms with van der Waals surface area (Å²) in [5, 5.41) is 19.5. The minimum Gasteiger partial charge on any atom is -0.478 e. The molecular weight excluding hydrogens is 330 g/mol. The molecule has 26 heavy (non-hydrogen) atoms. The zero-order chi connectivity index (χ0) is 18.5. The van der Waals surface area contributed by atoms with Gasteiger partial charge in [-0.1, -0.05) is 42.5 Å². The number of nitrogens with one attached hydrogen (secondary N) is 3. The Morgan fingerprint density at radius 2 is 1.96 bits per heavy atom. The first-order chi connectivity index (χ1) is 12.5. The minimum absolute atomic E-state index is 0.118. The number of H-pyrrole nitrogens is 1. The Morgan fingerprint density at radius 3 is 2.65 bits per heavy atom. The van der Waals surface area contributed by atoms with E-state index in [2.05, 4.69) is 15.3 Å². The van der Waals surface area contributed by atoms with Crippen LogP contribution in [-0.2, 0) is 4.79 Å². The van der Waals surface area contributed by atoms with Crippen LogP contribution in [0.15, 0.2) is 60.8 Å². The van der Waals surface area contributed by atoms with Crippen LogP contribution in [0.3, 0.4) is 0 Å². The van der Waals surface area contributed by atoms with Crippen LogP contribution in [0.2, 0.25) is 0 Å². The fourth-order valence-electron chi connectivity index (χ4n) is 2.48. The molecule has 0 saturated heterocycles. The van der Waals surface area contributed by atoms with Crippen molar-refractivity contribution in [3.05, 3.63) is 72.1 Å². The van der Waals surface area contributed by atoms with E-state index in [1.54, 1.807) is 24.3 Å². The van der Waals surface area contributed by atoms with Gasteiger partial charge in [-0.05, 0) is 23.8 Å². The Morgan fingerprint density at radius 1 is 1.19 bits per heavy atom.